The van der Waals surface area contributed by atoms with Gasteiger partial charge in [-0.1, -0.05) is 24.3 Å². The van der Waals surface area contributed by atoms with Gasteiger partial charge < -0.3 is 10.4 Å². The topological polar surface area (TPSA) is 49.3 Å². The molecule has 2 N–H and O–H groups in total. The second kappa shape index (κ2) is 6.64. The van der Waals surface area contributed by atoms with Gasteiger partial charge in [0.15, 0.2) is 0 Å². The Kier molecular flexibility index (Phi) is 5.11. The molecule has 0 bridgehead atoms. The fraction of sp³-hybridized carbons (Fsp3) is 0.562. The van der Waals surface area contributed by atoms with Crippen LogP contribution in [0.4, 0.5) is 0 Å². The molecule has 4 heteroatoms. The Labute approximate surface area is 125 Å². The third-order valence-electron chi connectivity index (χ3n) is 3.78. The van der Waals surface area contributed by atoms with Gasteiger partial charge in [-0.25, -0.2) is 0 Å². The maximum atomic E-state index is 12.4. The first-order valence-electron chi connectivity index (χ1n) is 7.10. The van der Waals surface area contributed by atoms with Crippen LogP contribution in [0.1, 0.15) is 36.8 Å². The van der Waals surface area contributed by atoms with E-state index in [1.807, 2.05) is 18.4 Å². The number of amides is 1. The SMILES string of the molecule is CSCC(C)(O)CNC(=O)C1CCCc2ccccc21. The van der Waals surface area contributed by atoms with Crippen LogP contribution in [0, 0.1) is 0 Å². The number of rotatable bonds is 5. The molecule has 2 rings (SSSR count). The maximum absolute atomic E-state index is 12.4. The van der Waals surface area contributed by atoms with Crippen LogP contribution in [0.2, 0.25) is 0 Å². The highest BCUT2D eigenvalue weighted by molar-refractivity contribution is 7.98. The summed E-state index contributed by atoms with van der Waals surface area (Å²) in [5.74, 6) is 0.595. The van der Waals surface area contributed by atoms with E-state index in [9.17, 15) is 9.90 Å². The predicted octanol–water partition coefficient (Wildman–Crippen LogP) is 2.34. The smallest absolute Gasteiger partial charge is 0.227 e. The summed E-state index contributed by atoms with van der Waals surface area (Å²) in [6.45, 7) is 2.07. The zero-order chi connectivity index (χ0) is 14.6. The van der Waals surface area contributed by atoms with E-state index in [2.05, 4.69) is 17.4 Å². The Morgan fingerprint density at radius 2 is 2.25 bits per heavy atom. The molecule has 0 aliphatic heterocycles. The number of carbonyl (C=O) groups is 1. The number of carbonyl (C=O) groups excluding carboxylic acids is 1. The zero-order valence-corrected chi connectivity index (χ0v) is 13.0. The van der Waals surface area contributed by atoms with Crippen molar-refractivity contribution in [3.8, 4) is 0 Å². The summed E-state index contributed by atoms with van der Waals surface area (Å²) in [7, 11) is 0. The van der Waals surface area contributed by atoms with E-state index in [1.54, 1.807) is 18.7 Å². The molecule has 1 amide bonds. The van der Waals surface area contributed by atoms with Crippen molar-refractivity contribution in [3.63, 3.8) is 0 Å². The lowest BCUT2D eigenvalue weighted by molar-refractivity contribution is -0.123. The molecule has 0 saturated carbocycles. The number of benzene rings is 1. The van der Waals surface area contributed by atoms with Gasteiger partial charge in [-0.3, -0.25) is 4.79 Å². The number of nitrogens with one attached hydrogen (secondary N) is 1. The first kappa shape index (κ1) is 15.4. The monoisotopic (exact) mass is 293 g/mol. The average Bonchev–Trinajstić information content (AvgIpc) is 2.44. The molecule has 1 aliphatic carbocycles. The van der Waals surface area contributed by atoms with Gasteiger partial charge in [0.1, 0.15) is 0 Å². The fourth-order valence-electron chi connectivity index (χ4n) is 2.79. The highest BCUT2D eigenvalue weighted by atomic mass is 32.2. The largest absolute Gasteiger partial charge is 0.387 e. The molecule has 1 aromatic rings. The van der Waals surface area contributed by atoms with Gasteiger partial charge in [0.05, 0.1) is 11.5 Å². The van der Waals surface area contributed by atoms with Crippen LogP contribution in [0.3, 0.4) is 0 Å². The lowest BCUT2D eigenvalue weighted by atomic mass is 9.82. The van der Waals surface area contributed by atoms with E-state index in [-0.39, 0.29) is 11.8 Å². The number of fused-ring (bicyclic) bond motifs is 1. The molecular formula is C16H23NO2S. The van der Waals surface area contributed by atoms with Gasteiger partial charge >= 0.3 is 0 Å². The molecule has 2 unspecified atom stereocenters. The minimum absolute atomic E-state index is 0.0403. The molecule has 0 spiro atoms. The molecule has 1 aliphatic rings. The van der Waals surface area contributed by atoms with Crippen LogP contribution >= 0.6 is 11.8 Å². The average molecular weight is 293 g/mol. The molecule has 20 heavy (non-hydrogen) atoms. The van der Waals surface area contributed by atoms with Gasteiger partial charge in [0, 0.05) is 12.3 Å². The molecule has 3 nitrogen and oxygen atoms in total. The summed E-state index contributed by atoms with van der Waals surface area (Å²) in [5.41, 5.74) is 1.60. The Morgan fingerprint density at radius 1 is 1.50 bits per heavy atom. The van der Waals surface area contributed by atoms with E-state index >= 15 is 0 Å². The fourth-order valence-corrected chi connectivity index (χ4v) is 3.51. The zero-order valence-electron chi connectivity index (χ0n) is 12.2. The summed E-state index contributed by atoms with van der Waals surface area (Å²) in [6, 6.07) is 8.19. The van der Waals surface area contributed by atoms with Crippen molar-refractivity contribution in [2.75, 3.05) is 18.6 Å². The van der Waals surface area contributed by atoms with Crippen LogP contribution in [-0.4, -0.2) is 35.2 Å². The lowest BCUT2D eigenvalue weighted by Gasteiger charge is -2.27. The van der Waals surface area contributed by atoms with E-state index in [1.165, 1.54) is 5.56 Å². The van der Waals surface area contributed by atoms with Gasteiger partial charge in [0.2, 0.25) is 5.91 Å². The van der Waals surface area contributed by atoms with Crippen molar-refractivity contribution in [1.29, 1.82) is 0 Å². The Bertz CT molecular complexity index is 473. The molecule has 0 radical (unpaired) electrons. The van der Waals surface area contributed by atoms with Gasteiger partial charge in [-0.15, -0.1) is 0 Å². The third kappa shape index (κ3) is 3.76. The number of aryl methyl sites for hydroxylation is 1. The van der Waals surface area contributed by atoms with E-state index < -0.39 is 5.60 Å². The summed E-state index contributed by atoms with van der Waals surface area (Å²) in [4.78, 5) is 12.4. The van der Waals surface area contributed by atoms with E-state index in [0.29, 0.717) is 12.3 Å². The van der Waals surface area contributed by atoms with Crippen molar-refractivity contribution in [1.82, 2.24) is 5.32 Å². The molecule has 110 valence electrons. The van der Waals surface area contributed by atoms with Crippen molar-refractivity contribution in [2.24, 2.45) is 0 Å². The van der Waals surface area contributed by atoms with Gasteiger partial charge in [0.25, 0.3) is 0 Å². The summed E-state index contributed by atoms with van der Waals surface area (Å²) in [5, 5.41) is 13.0. The minimum Gasteiger partial charge on any atom is -0.387 e. The first-order chi connectivity index (χ1) is 9.53. The van der Waals surface area contributed by atoms with Crippen LogP contribution in [0.15, 0.2) is 24.3 Å². The third-order valence-corrected chi connectivity index (χ3v) is 4.70. The number of hydrogen-bond acceptors (Lipinski definition) is 3. The number of hydrogen-bond donors (Lipinski definition) is 2. The standard InChI is InChI=1S/C16H23NO2S/c1-16(19,11-20-2)10-17-15(18)14-9-5-7-12-6-3-4-8-13(12)14/h3-4,6,8,14,19H,5,7,9-11H2,1-2H3,(H,17,18). The predicted molar refractivity (Wildman–Crippen MR) is 84.1 cm³/mol. The van der Waals surface area contributed by atoms with Crippen LogP contribution in [-0.2, 0) is 11.2 Å². The van der Waals surface area contributed by atoms with Crippen molar-refractivity contribution >= 4 is 17.7 Å². The minimum atomic E-state index is -0.844. The lowest BCUT2D eigenvalue weighted by Crippen LogP contribution is -2.44. The maximum Gasteiger partial charge on any atom is 0.227 e. The molecule has 0 saturated heterocycles. The Hall–Kier alpha value is -1.00. The van der Waals surface area contributed by atoms with Crippen LogP contribution in [0.5, 0.6) is 0 Å². The second-order valence-corrected chi connectivity index (χ2v) is 6.66. The summed E-state index contributed by atoms with van der Waals surface area (Å²) < 4.78 is 0. The summed E-state index contributed by atoms with van der Waals surface area (Å²) in [6.07, 6.45) is 4.96. The highest BCUT2D eigenvalue weighted by Gasteiger charge is 2.28. The number of aliphatic hydroxyl groups is 1. The molecule has 0 fully saturated rings. The molecule has 1 aromatic carbocycles. The van der Waals surface area contributed by atoms with Crippen LogP contribution in [0.25, 0.3) is 0 Å². The normalized spacial score (nSPS) is 20.9. The van der Waals surface area contributed by atoms with Crippen molar-refractivity contribution in [2.45, 2.75) is 37.7 Å². The second-order valence-electron chi connectivity index (χ2n) is 5.79. The van der Waals surface area contributed by atoms with Gasteiger partial charge in [-0.05, 0) is 43.6 Å². The number of thioether (sulfide) groups is 1. The van der Waals surface area contributed by atoms with Gasteiger partial charge in [-0.2, -0.15) is 11.8 Å². The quantitative estimate of drug-likeness (QED) is 0.876. The Morgan fingerprint density at radius 3 is 3.00 bits per heavy atom. The van der Waals surface area contributed by atoms with E-state index in [4.69, 9.17) is 0 Å². The van der Waals surface area contributed by atoms with Crippen LogP contribution < -0.4 is 5.32 Å². The molecule has 2 atom stereocenters. The van der Waals surface area contributed by atoms with E-state index in [0.717, 1.165) is 24.8 Å². The first-order valence-corrected chi connectivity index (χ1v) is 8.50. The molecular weight excluding hydrogens is 270 g/mol. The highest BCUT2D eigenvalue weighted by Crippen LogP contribution is 2.31. The van der Waals surface area contributed by atoms with Crippen molar-refractivity contribution in [3.05, 3.63) is 35.4 Å². The van der Waals surface area contributed by atoms with Crippen molar-refractivity contribution < 1.29 is 9.90 Å². The molecule has 0 heterocycles. The Balaban J connectivity index is 2.01. The summed E-state index contributed by atoms with van der Waals surface area (Å²) >= 11 is 1.58. The molecule has 0 aromatic heterocycles.